The highest BCUT2D eigenvalue weighted by atomic mass is 16.6. The molecule has 1 spiro atoms. The molecular formula is C42H40N2O10. The van der Waals surface area contributed by atoms with Crippen molar-refractivity contribution < 1.29 is 47.7 Å². The molecule has 2 fully saturated rings. The zero-order chi connectivity index (χ0) is 38.5. The lowest BCUT2D eigenvalue weighted by Crippen LogP contribution is -2.39. The van der Waals surface area contributed by atoms with E-state index in [2.05, 4.69) is 5.32 Å². The van der Waals surface area contributed by atoms with Gasteiger partial charge in [-0.1, -0.05) is 18.2 Å². The Morgan fingerprint density at radius 3 is 1.80 bits per heavy atom. The van der Waals surface area contributed by atoms with E-state index >= 15 is 0 Å². The highest BCUT2D eigenvalue weighted by Gasteiger charge is 2.59. The first-order chi connectivity index (χ1) is 25.5. The van der Waals surface area contributed by atoms with Gasteiger partial charge in [0.25, 0.3) is 5.91 Å². The lowest BCUT2D eigenvalue weighted by atomic mass is 9.77. The van der Waals surface area contributed by atoms with Crippen LogP contribution in [0.4, 0.5) is 0 Å². The van der Waals surface area contributed by atoms with Crippen molar-refractivity contribution in [2.45, 2.75) is 53.6 Å². The number of benzene rings is 3. The summed E-state index contributed by atoms with van der Waals surface area (Å²) in [5.41, 5.74) is -1.43. The smallest absolute Gasteiger partial charge is 0.340 e. The molecule has 3 aliphatic heterocycles. The van der Waals surface area contributed by atoms with Crippen LogP contribution in [0.15, 0.2) is 66.7 Å². The van der Waals surface area contributed by atoms with Gasteiger partial charge < -0.3 is 24.3 Å². The molecule has 0 radical (unpaired) electrons. The summed E-state index contributed by atoms with van der Waals surface area (Å²) in [6.07, 6.45) is 4.91. The highest BCUT2D eigenvalue weighted by molar-refractivity contribution is 6.06. The van der Waals surface area contributed by atoms with Crippen LogP contribution >= 0.6 is 0 Å². The van der Waals surface area contributed by atoms with E-state index in [9.17, 15) is 28.8 Å². The van der Waals surface area contributed by atoms with Crippen LogP contribution in [0.1, 0.15) is 85.4 Å². The van der Waals surface area contributed by atoms with Gasteiger partial charge in [0, 0.05) is 47.5 Å². The molecule has 1 saturated heterocycles. The van der Waals surface area contributed by atoms with E-state index in [1.54, 1.807) is 77.9 Å². The van der Waals surface area contributed by atoms with Gasteiger partial charge in [0.2, 0.25) is 11.8 Å². The number of carbonyl (C=O) groups excluding carboxylic acids is 6. The summed E-state index contributed by atoms with van der Waals surface area (Å²) in [5.74, 6) is -1.99. The molecule has 3 amide bonds. The van der Waals surface area contributed by atoms with Gasteiger partial charge in [-0.15, -0.1) is 0 Å². The van der Waals surface area contributed by atoms with E-state index in [-0.39, 0.29) is 82.7 Å². The fourth-order valence-electron chi connectivity index (χ4n) is 8.04. The summed E-state index contributed by atoms with van der Waals surface area (Å²) in [6, 6.07) is 14.3. The van der Waals surface area contributed by atoms with Crippen molar-refractivity contribution in [3.63, 3.8) is 0 Å². The molecule has 54 heavy (non-hydrogen) atoms. The molecule has 278 valence electrons. The van der Waals surface area contributed by atoms with Crippen LogP contribution in [-0.2, 0) is 29.5 Å². The first-order valence-corrected chi connectivity index (χ1v) is 18.1. The maximum atomic E-state index is 13.8. The van der Waals surface area contributed by atoms with Gasteiger partial charge in [0.1, 0.15) is 23.0 Å². The van der Waals surface area contributed by atoms with Gasteiger partial charge >= 0.3 is 17.9 Å². The average Bonchev–Trinajstić information content (AvgIpc) is 3.86. The van der Waals surface area contributed by atoms with E-state index in [0.29, 0.717) is 16.7 Å². The molecule has 3 aromatic rings. The predicted octanol–water partition coefficient (Wildman–Crippen LogP) is 5.69. The van der Waals surface area contributed by atoms with Crippen LogP contribution in [0.25, 0.3) is 0 Å². The third-order valence-corrected chi connectivity index (χ3v) is 10.8. The molecule has 3 heterocycles. The van der Waals surface area contributed by atoms with Gasteiger partial charge in [-0.25, -0.2) is 4.79 Å². The lowest BCUT2D eigenvalue weighted by Gasteiger charge is -2.36. The monoisotopic (exact) mass is 732 g/mol. The van der Waals surface area contributed by atoms with Gasteiger partial charge in [-0.05, 0) is 96.2 Å². The van der Waals surface area contributed by atoms with Gasteiger partial charge in [-0.2, -0.15) is 0 Å². The molecule has 12 nitrogen and oxygen atoms in total. The Bertz CT molecular complexity index is 2120. The summed E-state index contributed by atoms with van der Waals surface area (Å²) in [4.78, 5) is 80.1. The number of esters is 3. The van der Waals surface area contributed by atoms with Crippen LogP contribution < -0.4 is 19.5 Å². The van der Waals surface area contributed by atoms with Crippen molar-refractivity contribution in [3.8, 4) is 23.0 Å². The second-order valence-corrected chi connectivity index (χ2v) is 16.6. The van der Waals surface area contributed by atoms with Crippen LogP contribution in [0.2, 0.25) is 0 Å². The van der Waals surface area contributed by atoms with Gasteiger partial charge in [0.15, 0.2) is 5.60 Å². The molecule has 2 bridgehead atoms. The summed E-state index contributed by atoms with van der Waals surface area (Å²) in [5, 5.41) is 2.79. The Balaban J connectivity index is 1.09. The highest BCUT2D eigenvalue weighted by Crippen LogP contribution is 2.57. The molecular weight excluding hydrogens is 692 g/mol. The van der Waals surface area contributed by atoms with Crippen molar-refractivity contribution in [1.82, 2.24) is 10.2 Å². The lowest BCUT2D eigenvalue weighted by molar-refractivity contribution is -0.143. The number of imide groups is 1. The van der Waals surface area contributed by atoms with Crippen LogP contribution in [0, 0.1) is 34.5 Å². The average molecular weight is 733 g/mol. The number of likely N-dealkylation sites (tertiary alicyclic amines) is 1. The molecule has 4 unspecified atom stereocenters. The van der Waals surface area contributed by atoms with Gasteiger partial charge in [0.05, 0.1) is 28.2 Å². The van der Waals surface area contributed by atoms with Crippen molar-refractivity contribution in [2.75, 3.05) is 13.1 Å². The largest absolute Gasteiger partial charge is 0.456 e. The van der Waals surface area contributed by atoms with Gasteiger partial charge in [-0.3, -0.25) is 28.9 Å². The van der Waals surface area contributed by atoms with Crippen molar-refractivity contribution in [3.05, 3.63) is 94.6 Å². The number of nitrogens with zero attached hydrogens (tertiary/aromatic N) is 1. The SMILES string of the molecule is CC(C)(C)C(=O)Oc1ccc2c(c1)Oc1cc(OC(=O)C(C)(C)C)ccc1C21OC(=O)c2cc(C(=O)NCCN3C(=O)C4C5C=CC(C5)C4C3=O)ccc21. The summed E-state index contributed by atoms with van der Waals surface area (Å²) in [6.45, 7) is 10.5. The zero-order valence-electron chi connectivity index (χ0n) is 30.8. The number of allylic oxidation sites excluding steroid dienone is 2. The number of nitrogens with one attached hydrogen (secondary N) is 1. The van der Waals surface area contributed by atoms with Crippen molar-refractivity contribution >= 4 is 35.6 Å². The summed E-state index contributed by atoms with van der Waals surface area (Å²) < 4.78 is 23.9. The molecule has 5 aliphatic rings. The number of hydrogen-bond donors (Lipinski definition) is 1. The zero-order valence-corrected chi connectivity index (χ0v) is 30.8. The van der Waals surface area contributed by atoms with Crippen LogP contribution in [0.3, 0.4) is 0 Å². The maximum Gasteiger partial charge on any atom is 0.340 e. The van der Waals surface area contributed by atoms with E-state index < -0.39 is 40.2 Å². The second kappa shape index (κ2) is 12.1. The normalized spacial score (nSPS) is 22.6. The minimum Gasteiger partial charge on any atom is -0.456 e. The Kier molecular flexibility index (Phi) is 7.92. The third kappa shape index (κ3) is 5.49. The molecule has 1 N–H and O–H groups in total. The number of fused-ring (bicyclic) bond motifs is 11. The third-order valence-electron chi connectivity index (χ3n) is 10.8. The minimum absolute atomic E-state index is 0.0479. The van der Waals surface area contributed by atoms with E-state index in [4.69, 9.17) is 18.9 Å². The van der Waals surface area contributed by atoms with E-state index in [0.717, 1.165) is 6.42 Å². The summed E-state index contributed by atoms with van der Waals surface area (Å²) >= 11 is 0. The second-order valence-electron chi connectivity index (χ2n) is 16.6. The Labute approximate surface area is 311 Å². The van der Waals surface area contributed by atoms with Crippen molar-refractivity contribution in [1.29, 1.82) is 0 Å². The topological polar surface area (TPSA) is 155 Å². The summed E-state index contributed by atoms with van der Waals surface area (Å²) in [7, 11) is 0. The van der Waals surface area contributed by atoms with Crippen LogP contribution in [0.5, 0.6) is 23.0 Å². The quantitative estimate of drug-likeness (QED) is 0.145. The fourth-order valence-corrected chi connectivity index (χ4v) is 8.04. The fraction of sp³-hybridized carbons (Fsp3) is 0.381. The Morgan fingerprint density at radius 1 is 0.759 bits per heavy atom. The predicted molar refractivity (Wildman–Crippen MR) is 192 cm³/mol. The molecule has 2 aliphatic carbocycles. The first-order valence-electron chi connectivity index (χ1n) is 18.1. The Morgan fingerprint density at radius 2 is 1.28 bits per heavy atom. The minimum atomic E-state index is -1.54. The number of amides is 3. The first kappa shape index (κ1) is 35.3. The molecule has 8 rings (SSSR count). The van der Waals surface area contributed by atoms with E-state index in [1.807, 2.05) is 12.2 Å². The van der Waals surface area contributed by atoms with Crippen LogP contribution in [-0.4, -0.2) is 53.6 Å². The molecule has 4 atom stereocenters. The molecule has 12 heteroatoms. The number of ether oxygens (including phenoxy) is 4. The van der Waals surface area contributed by atoms with E-state index in [1.165, 1.54) is 23.1 Å². The maximum absolute atomic E-state index is 13.8. The number of rotatable bonds is 6. The standard InChI is InChI=1S/C42H40N2O10/c1-40(2,3)38(49)51-24-10-13-28-30(19-24)53-31-20-25(52-39(50)41(4,5)6)11-14-29(31)42(28)27-12-9-23(18-26(27)37(48)54-42)34(45)43-15-16-44-35(46)32-21-7-8-22(17-21)33(32)36(44)47/h7-14,18-22,32-33H,15-17H2,1-6H3,(H,43,45). The van der Waals surface area contributed by atoms with Crippen molar-refractivity contribution in [2.24, 2.45) is 34.5 Å². The number of carbonyl (C=O) groups is 6. The Hall–Kier alpha value is -5.78. The molecule has 0 aromatic heterocycles. The molecule has 1 saturated carbocycles. The number of hydrogen-bond acceptors (Lipinski definition) is 10. The molecule has 3 aromatic carbocycles.